The molecule has 15 heteroatoms. The molecule has 1 amide bonds. The summed E-state index contributed by atoms with van der Waals surface area (Å²) in [5, 5.41) is 4.60. The quantitative estimate of drug-likeness (QED) is 0.0853. The summed E-state index contributed by atoms with van der Waals surface area (Å²) in [6.07, 6.45) is -1.27. The van der Waals surface area contributed by atoms with Gasteiger partial charge in [0.2, 0.25) is 0 Å². The summed E-state index contributed by atoms with van der Waals surface area (Å²) in [6, 6.07) is 20.2. The predicted molar refractivity (Wildman–Crippen MR) is 186 cm³/mol. The van der Waals surface area contributed by atoms with E-state index in [9.17, 15) is 14.2 Å². The first-order chi connectivity index (χ1) is 22.9. The fraction of sp³-hybridized carbons (Fsp3) is 0.303. The molecule has 0 fully saturated rings. The smallest absolute Gasteiger partial charge is 0.404 e. The van der Waals surface area contributed by atoms with Crippen molar-refractivity contribution in [3.05, 3.63) is 99.9 Å². The second-order valence-electron chi connectivity index (χ2n) is 10.9. The highest BCUT2D eigenvalue weighted by Crippen LogP contribution is 2.44. The number of imidazole rings is 1. The van der Waals surface area contributed by atoms with Crippen molar-refractivity contribution in [1.82, 2.24) is 14.6 Å². The molecule has 0 spiro atoms. The van der Waals surface area contributed by atoms with E-state index in [4.69, 9.17) is 52.7 Å². The second kappa shape index (κ2) is 17.1. The Morgan fingerprint density at radius 1 is 0.979 bits per heavy atom. The van der Waals surface area contributed by atoms with Crippen molar-refractivity contribution in [2.75, 3.05) is 13.0 Å². The van der Waals surface area contributed by atoms with Crippen LogP contribution in [0.15, 0.2) is 82.7 Å². The minimum absolute atomic E-state index is 0.0421. The third-order valence-electron chi connectivity index (χ3n) is 6.66. The lowest BCUT2D eigenvalue weighted by molar-refractivity contribution is -0.144. The zero-order valence-electron chi connectivity index (χ0n) is 26.9. The maximum Gasteiger partial charge on any atom is 0.404 e. The van der Waals surface area contributed by atoms with Gasteiger partial charge in [-0.2, -0.15) is 0 Å². The average molecular weight is 736 g/mol. The number of nitrogens with one attached hydrogen (secondary N) is 1. The van der Waals surface area contributed by atoms with Gasteiger partial charge in [0.15, 0.2) is 13.0 Å². The number of para-hydroxylation sites is 1. The van der Waals surface area contributed by atoms with Gasteiger partial charge >= 0.3 is 19.6 Å². The molecule has 0 aliphatic rings. The van der Waals surface area contributed by atoms with Gasteiger partial charge in [-0.05, 0) is 67.8 Å². The van der Waals surface area contributed by atoms with E-state index in [1.54, 1.807) is 62.4 Å². The summed E-state index contributed by atoms with van der Waals surface area (Å²) in [6.45, 7) is 7.71. The molecule has 256 valence electrons. The number of halogens is 2. The van der Waals surface area contributed by atoms with Crippen molar-refractivity contribution in [1.29, 1.82) is 0 Å². The predicted octanol–water partition coefficient (Wildman–Crippen LogP) is 8.26. The van der Waals surface area contributed by atoms with Gasteiger partial charge < -0.3 is 29.0 Å². The molecule has 0 bridgehead atoms. The number of rotatable bonds is 16. The van der Waals surface area contributed by atoms with E-state index in [1.165, 1.54) is 11.8 Å². The number of aromatic nitrogens is 2. The number of hydrogen-bond acceptors (Lipinski definition) is 9. The van der Waals surface area contributed by atoms with Crippen LogP contribution in [0.5, 0.6) is 11.5 Å². The zero-order chi connectivity index (χ0) is 34.8. The topological polar surface area (TPSA) is 144 Å². The maximum atomic E-state index is 13.9. The summed E-state index contributed by atoms with van der Waals surface area (Å²) in [5.74, 6) is 0.773. The SMILES string of the molecule is CCOC(=O)[C@H](C)NP(=O)(COc1ccc(Cn2c(COC(N)=O)nc(C(C)C)c2Sc2cc(Cl)cc(Cl)c2)cc1)Oc1ccccc1. The molecule has 0 saturated carbocycles. The van der Waals surface area contributed by atoms with E-state index in [0.717, 1.165) is 21.2 Å². The second-order valence-corrected chi connectivity index (χ2v) is 14.9. The van der Waals surface area contributed by atoms with Crippen LogP contribution in [0.3, 0.4) is 0 Å². The molecule has 2 atom stereocenters. The number of ether oxygens (including phenoxy) is 3. The van der Waals surface area contributed by atoms with Crippen LogP contribution in [0, 0.1) is 0 Å². The van der Waals surface area contributed by atoms with Gasteiger partial charge in [-0.1, -0.05) is 79.1 Å². The van der Waals surface area contributed by atoms with E-state index >= 15 is 0 Å². The third-order valence-corrected chi connectivity index (χ3v) is 9.94. The van der Waals surface area contributed by atoms with E-state index in [2.05, 4.69) is 5.09 Å². The largest absolute Gasteiger partial charge is 0.481 e. The van der Waals surface area contributed by atoms with Crippen LogP contribution in [0.25, 0.3) is 0 Å². The van der Waals surface area contributed by atoms with E-state index in [0.29, 0.717) is 33.9 Å². The Kier molecular flexibility index (Phi) is 13.3. The first kappa shape index (κ1) is 37.2. The van der Waals surface area contributed by atoms with Crippen LogP contribution in [0.4, 0.5) is 4.79 Å². The molecule has 1 aromatic heterocycles. The highest BCUT2D eigenvalue weighted by Gasteiger charge is 2.31. The summed E-state index contributed by atoms with van der Waals surface area (Å²) in [7, 11) is -3.74. The number of carbonyl (C=O) groups is 2. The fourth-order valence-electron chi connectivity index (χ4n) is 4.48. The Labute approximate surface area is 293 Å². The van der Waals surface area contributed by atoms with Crippen LogP contribution < -0.4 is 20.1 Å². The van der Waals surface area contributed by atoms with Gasteiger partial charge in [-0.15, -0.1) is 0 Å². The number of amides is 1. The number of esters is 1. The highest BCUT2D eigenvalue weighted by molar-refractivity contribution is 7.99. The summed E-state index contributed by atoms with van der Waals surface area (Å²) in [5.41, 5.74) is 6.95. The number of primary amides is 1. The van der Waals surface area contributed by atoms with Crippen molar-refractivity contribution in [2.24, 2.45) is 5.73 Å². The molecular weight excluding hydrogens is 698 g/mol. The van der Waals surface area contributed by atoms with E-state index in [-0.39, 0.29) is 25.5 Å². The van der Waals surface area contributed by atoms with Gasteiger partial charge in [0, 0.05) is 21.5 Å². The number of carbonyl (C=O) groups excluding carboxylic acids is 2. The zero-order valence-corrected chi connectivity index (χ0v) is 30.1. The first-order valence-electron chi connectivity index (χ1n) is 15.0. The van der Waals surface area contributed by atoms with Gasteiger partial charge in [0.25, 0.3) is 0 Å². The summed E-state index contributed by atoms with van der Waals surface area (Å²) < 4.78 is 37.8. The molecule has 4 aromatic rings. The molecule has 11 nitrogen and oxygen atoms in total. The normalized spacial score (nSPS) is 13.1. The van der Waals surface area contributed by atoms with Crippen LogP contribution >= 0.6 is 42.5 Å². The van der Waals surface area contributed by atoms with Crippen molar-refractivity contribution < 1.29 is 32.9 Å². The number of hydrogen-bond donors (Lipinski definition) is 2. The molecule has 3 aromatic carbocycles. The molecular formula is C33H37Cl2N4O7PS. The Morgan fingerprint density at radius 3 is 2.25 bits per heavy atom. The Balaban J connectivity index is 1.57. The standard InChI is InChI=1S/C33H37Cl2N4O7PS/c1-5-43-32(40)22(4)38-47(42,46-27-9-7-6-8-10-27)20-45-26-13-11-23(12-14-26)18-39-29(19-44-33(36)41)37-30(21(2)3)31(39)48-28-16-24(34)15-25(35)17-28/h6-17,21-22H,5,18-20H2,1-4H3,(H2,36,41)(H,38,42)/t22-,47?/m0/s1. The Morgan fingerprint density at radius 2 is 1.65 bits per heavy atom. The molecule has 1 unspecified atom stereocenters. The molecule has 0 saturated heterocycles. The van der Waals surface area contributed by atoms with Crippen LogP contribution in [-0.2, 0) is 32.0 Å². The van der Waals surface area contributed by atoms with E-state index in [1.807, 2.05) is 42.7 Å². The summed E-state index contributed by atoms with van der Waals surface area (Å²) >= 11 is 14.0. The molecule has 3 N–H and O–H groups in total. The molecule has 1 heterocycles. The maximum absolute atomic E-state index is 13.9. The van der Waals surface area contributed by atoms with Gasteiger partial charge in [-0.25, -0.2) is 14.9 Å². The highest BCUT2D eigenvalue weighted by atomic mass is 35.5. The van der Waals surface area contributed by atoms with E-state index < -0.39 is 25.6 Å². The molecule has 0 aliphatic carbocycles. The lowest BCUT2D eigenvalue weighted by atomic mass is 10.1. The summed E-state index contributed by atoms with van der Waals surface area (Å²) in [4.78, 5) is 29.4. The molecule has 0 radical (unpaired) electrons. The lowest BCUT2D eigenvalue weighted by Gasteiger charge is -2.23. The Bertz CT molecular complexity index is 1740. The van der Waals surface area contributed by atoms with Crippen LogP contribution in [0.2, 0.25) is 10.0 Å². The van der Waals surface area contributed by atoms with Gasteiger partial charge in [-0.3, -0.25) is 9.36 Å². The minimum atomic E-state index is -3.74. The number of nitrogens with zero attached hydrogens (tertiary/aromatic N) is 2. The lowest BCUT2D eigenvalue weighted by Crippen LogP contribution is -2.35. The third kappa shape index (κ3) is 10.7. The first-order valence-corrected chi connectivity index (χ1v) is 18.4. The molecule has 0 aliphatic heterocycles. The molecule has 4 rings (SSSR count). The van der Waals surface area contributed by atoms with Crippen LogP contribution in [0.1, 0.15) is 50.7 Å². The minimum Gasteiger partial charge on any atom is -0.481 e. The van der Waals surface area contributed by atoms with Gasteiger partial charge in [0.05, 0.1) is 12.3 Å². The number of benzene rings is 3. The van der Waals surface area contributed by atoms with Crippen LogP contribution in [-0.4, -0.2) is 40.6 Å². The Hall–Kier alpha value is -3.67. The van der Waals surface area contributed by atoms with Gasteiger partial charge in [0.1, 0.15) is 28.4 Å². The number of nitrogens with two attached hydrogens (primary N) is 1. The monoisotopic (exact) mass is 734 g/mol. The van der Waals surface area contributed by atoms with Crippen molar-refractivity contribution in [3.8, 4) is 11.5 Å². The molecule has 48 heavy (non-hydrogen) atoms. The van der Waals surface area contributed by atoms with Crippen molar-refractivity contribution >= 4 is 54.5 Å². The van der Waals surface area contributed by atoms with Crippen molar-refractivity contribution in [2.45, 2.75) is 62.7 Å². The average Bonchev–Trinajstić information content (AvgIpc) is 3.36. The van der Waals surface area contributed by atoms with Crippen molar-refractivity contribution in [3.63, 3.8) is 0 Å². The fourth-order valence-corrected chi connectivity index (χ4v) is 8.06.